The minimum absolute atomic E-state index is 0.149. The maximum atomic E-state index is 12.0. The average Bonchev–Trinajstić information content (AvgIpc) is 2.60. The zero-order valence-corrected chi connectivity index (χ0v) is 19.4. The first kappa shape index (κ1) is 23.9. The van der Waals surface area contributed by atoms with E-state index in [1.54, 1.807) is 0 Å². The third kappa shape index (κ3) is 5.62. The van der Waals surface area contributed by atoms with Crippen molar-refractivity contribution < 1.29 is 19.1 Å². The van der Waals surface area contributed by atoms with Gasteiger partial charge in [0.05, 0.1) is 0 Å². The van der Waals surface area contributed by atoms with Crippen molar-refractivity contribution in [3.8, 4) is 11.5 Å². The van der Waals surface area contributed by atoms with Crippen LogP contribution in [-0.2, 0) is 21.4 Å². The second-order valence-electron chi connectivity index (χ2n) is 8.82. The third-order valence-electron chi connectivity index (χ3n) is 5.93. The Balaban J connectivity index is 2.75. The van der Waals surface area contributed by atoms with Gasteiger partial charge in [-0.25, -0.2) is 0 Å². The van der Waals surface area contributed by atoms with Gasteiger partial charge in [0, 0.05) is 24.8 Å². The topological polar surface area (TPSA) is 52.6 Å². The number of rotatable bonds is 8. The predicted molar refractivity (Wildman–Crippen MR) is 121 cm³/mol. The Labute approximate surface area is 181 Å². The Kier molecular flexibility index (Phi) is 8.05. The van der Waals surface area contributed by atoms with Gasteiger partial charge in [-0.05, 0) is 63.1 Å². The average molecular weight is 413 g/mol. The SMILES string of the molecule is C=C(C)C1CCC(C)=CC1(C)c1c(OC(C)=O)cc(CCCCC)cc1OC(C)=O. The Bertz CT molecular complexity index is 812. The van der Waals surface area contributed by atoms with E-state index in [1.165, 1.54) is 19.4 Å². The maximum Gasteiger partial charge on any atom is 0.308 e. The van der Waals surface area contributed by atoms with Crippen LogP contribution in [0.3, 0.4) is 0 Å². The molecule has 0 saturated heterocycles. The quantitative estimate of drug-likeness (QED) is 0.213. The number of esters is 2. The summed E-state index contributed by atoms with van der Waals surface area (Å²) < 4.78 is 11.4. The van der Waals surface area contributed by atoms with Gasteiger partial charge in [-0.2, -0.15) is 0 Å². The molecule has 0 radical (unpaired) electrons. The molecule has 2 rings (SSSR count). The summed E-state index contributed by atoms with van der Waals surface area (Å²) in [5.74, 6) is 0.334. The fourth-order valence-electron chi connectivity index (χ4n) is 4.73. The van der Waals surface area contributed by atoms with E-state index in [2.05, 4.69) is 33.4 Å². The summed E-state index contributed by atoms with van der Waals surface area (Å²) >= 11 is 0. The Morgan fingerprint density at radius 1 is 1.10 bits per heavy atom. The fourth-order valence-corrected chi connectivity index (χ4v) is 4.73. The molecule has 2 unspecified atom stereocenters. The summed E-state index contributed by atoms with van der Waals surface area (Å²) in [6, 6.07) is 3.88. The molecule has 0 N–H and O–H groups in total. The number of hydrogen-bond donors (Lipinski definition) is 0. The van der Waals surface area contributed by atoms with Crippen LogP contribution in [0.5, 0.6) is 11.5 Å². The molecule has 1 aliphatic rings. The minimum Gasteiger partial charge on any atom is -0.426 e. The van der Waals surface area contributed by atoms with E-state index in [-0.39, 0.29) is 17.9 Å². The molecule has 4 heteroatoms. The lowest BCUT2D eigenvalue weighted by molar-refractivity contribution is -0.132. The van der Waals surface area contributed by atoms with Gasteiger partial charge < -0.3 is 9.47 Å². The molecule has 0 spiro atoms. The Morgan fingerprint density at radius 3 is 2.13 bits per heavy atom. The summed E-state index contributed by atoms with van der Waals surface area (Å²) in [5.41, 5.74) is 3.59. The standard InChI is InChI=1S/C26H36O4/c1-8-9-10-11-21-14-23(29-19(5)27)25(24(15-21)30-20(6)28)26(7)16-18(4)12-13-22(26)17(2)3/h14-16,22H,2,8-13H2,1,3-7H3. The molecule has 0 saturated carbocycles. The summed E-state index contributed by atoms with van der Waals surface area (Å²) in [5, 5.41) is 0. The molecule has 0 aromatic heterocycles. The van der Waals surface area contributed by atoms with Gasteiger partial charge in [0.25, 0.3) is 0 Å². The van der Waals surface area contributed by atoms with Crippen LogP contribution in [0.15, 0.2) is 35.9 Å². The van der Waals surface area contributed by atoms with E-state index >= 15 is 0 Å². The van der Waals surface area contributed by atoms with Crippen molar-refractivity contribution in [1.29, 1.82) is 0 Å². The number of benzene rings is 1. The Hall–Kier alpha value is -2.36. The molecule has 1 aromatic carbocycles. The summed E-state index contributed by atoms with van der Waals surface area (Å²) in [6.45, 7) is 15.5. The van der Waals surface area contributed by atoms with Crippen molar-refractivity contribution in [3.05, 3.63) is 47.1 Å². The number of carbonyl (C=O) groups excluding carboxylic acids is 2. The minimum atomic E-state index is -0.494. The van der Waals surface area contributed by atoms with Crippen LogP contribution in [0.25, 0.3) is 0 Å². The molecule has 0 amide bonds. The lowest BCUT2D eigenvalue weighted by Crippen LogP contribution is -2.35. The molecule has 164 valence electrons. The van der Waals surface area contributed by atoms with Crippen LogP contribution in [0.1, 0.15) is 84.8 Å². The molecule has 0 heterocycles. The van der Waals surface area contributed by atoms with Crippen molar-refractivity contribution in [2.45, 2.75) is 85.5 Å². The summed E-state index contributed by atoms with van der Waals surface area (Å²) in [7, 11) is 0. The van der Waals surface area contributed by atoms with Gasteiger partial charge >= 0.3 is 11.9 Å². The van der Waals surface area contributed by atoms with Gasteiger partial charge in [0.2, 0.25) is 0 Å². The molecule has 2 atom stereocenters. The van der Waals surface area contributed by atoms with E-state index in [4.69, 9.17) is 9.47 Å². The van der Waals surface area contributed by atoms with E-state index in [9.17, 15) is 9.59 Å². The van der Waals surface area contributed by atoms with Gasteiger partial charge in [-0.1, -0.05) is 50.5 Å². The van der Waals surface area contributed by atoms with E-state index in [1.807, 2.05) is 19.1 Å². The smallest absolute Gasteiger partial charge is 0.308 e. The third-order valence-corrected chi connectivity index (χ3v) is 5.93. The van der Waals surface area contributed by atoms with Crippen molar-refractivity contribution in [2.75, 3.05) is 0 Å². The second kappa shape index (κ2) is 10.1. The monoisotopic (exact) mass is 412 g/mol. The molecule has 1 aliphatic carbocycles. The number of allylic oxidation sites excluding steroid dienone is 3. The van der Waals surface area contributed by atoms with Gasteiger partial charge in [0.15, 0.2) is 0 Å². The number of aryl methyl sites for hydroxylation is 1. The van der Waals surface area contributed by atoms with Crippen LogP contribution < -0.4 is 9.47 Å². The first-order valence-electron chi connectivity index (χ1n) is 11.0. The second-order valence-corrected chi connectivity index (χ2v) is 8.82. The number of ether oxygens (including phenoxy) is 2. The van der Waals surface area contributed by atoms with E-state index in [0.29, 0.717) is 11.5 Å². The highest BCUT2D eigenvalue weighted by atomic mass is 16.5. The Morgan fingerprint density at radius 2 is 1.67 bits per heavy atom. The largest absolute Gasteiger partial charge is 0.426 e. The van der Waals surface area contributed by atoms with Crippen LogP contribution in [0, 0.1) is 5.92 Å². The van der Waals surface area contributed by atoms with E-state index in [0.717, 1.165) is 55.2 Å². The number of unbranched alkanes of at least 4 members (excludes halogenated alkanes) is 2. The van der Waals surface area contributed by atoms with Crippen molar-refractivity contribution >= 4 is 11.9 Å². The lowest BCUT2D eigenvalue weighted by atomic mass is 9.63. The highest BCUT2D eigenvalue weighted by Crippen LogP contribution is 2.51. The molecule has 30 heavy (non-hydrogen) atoms. The molecule has 1 aromatic rings. The van der Waals surface area contributed by atoms with Gasteiger partial charge in [-0.3, -0.25) is 9.59 Å². The number of hydrogen-bond acceptors (Lipinski definition) is 4. The van der Waals surface area contributed by atoms with Crippen molar-refractivity contribution in [2.24, 2.45) is 5.92 Å². The van der Waals surface area contributed by atoms with Crippen molar-refractivity contribution in [3.63, 3.8) is 0 Å². The van der Waals surface area contributed by atoms with Gasteiger partial charge in [0.1, 0.15) is 11.5 Å². The highest BCUT2D eigenvalue weighted by Gasteiger charge is 2.42. The molecular weight excluding hydrogens is 376 g/mol. The molecular formula is C26H36O4. The fraction of sp³-hybridized carbons (Fsp3) is 0.538. The van der Waals surface area contributed by atoms with Crippen LogP contribution in [0.2, 0.25) is 0 Å². The number of carbonyl (C=O) groups is 2. The zero-order chi connectivity index (χ0) is 22.5. The molecule has 4 nitrogen and oxygen atoms in total. The van der Waals surface area contributed by atoms with Gasteiger partial charge in [-0.15, -0.1) is 0 Å². The summed E-state index contributed by atoms with van der Waals surface area (Å²) in [6.07, 6.45) is 8.27. The zero-order valence-electron chi connectivity index (χ0n) is 19.4. The molecule has 0 aliphatic heterocycles. The summed E-state index contributed by atoms with van der Waals surface area (Å²) in [4.78, 5) is 23.9. The van der Waals surface area contributed by atoms with E-state index < -0.39 is 5.41 Å². The van der Waals surface area contributed by atoms with Crippen LogP contribution in [-0.4, -0.2) is 11.9 Å². The van der Waals surface area contributed by atoms with Crippen LogP contribution in [0.4, 0.5) is 0 Å². The first-order valence-corrected chi connectivity index (χ1v) is 11.0. The first-order chi connectivity index (χ1) is 14.1. The predicted octanol–water partition coefficient (Wildman–Crippen LogP) is 6.46. The van der Waals surface area contributed by atoms with Crippen molar-refractivity contribution in [1.82, 2.24) is 0 Å². The molecule has 0 bridgehead atoms. The van der Waals surface area contributed by atoms with Crippen LogP contribution >= 0.6 is 0 Å². The normalized spacial score (nSPS) is 21.0. The molecule has 0 fully saturated rings. The maximum absolute atomic E-state index is 12.0. The lowest BCUT2D eigenvalue weighted by Gasteiger charge is -2.41. The highest BCUT2D eigenvalue weighted by molar-refractivity contribution is 5.74.